The molecule has 0 bridgehead atoms. The van der Waals surface area contributed by atoms with Crippen LogP contribution < -0.4 is 0 Å². The van der Waals surface area contributed by atoms with Gasteiger partial charge in [-0.25, -0.2) is 9.50 Å². The van der Waals surface area contributed by atoms with Crippen molar-refractivity contribution in [2.45, 2.75) is 19.3 Å². The summed E-state index contributed by atoms with van der Waals surface area (Å²) in [5.41, 5.74) is 4.82. The Kier molecular flexibility index (Phi) is 4.31. The van der Waals surface area contributed by atoms with Crippen molar-refractivity contribution in [2.24, 2.45) is 0 Å². The van der Waals surface area contributed by atoms with Crippen LogP contribution in [0, 0.1) is 6.92 Å². The van der Waals surface area contributed by atoms with Crippen molar-refractivity contribution in [2.75, 3.05) is 13.1 Å². The standard InChI is InChI=1S/C23H21N5O/c1-16-3-2-4-18(13-16)23(29)27-12-9-20(14-27)22-25-21-6-5-19(15-28(21)26-22)17-7-10-24-11-8-17/h2-8,10-11,13,15,20H,9,12,14H2,1H3/t20-/m0/s1. The fourth-order valence-corrected chi connectivity index (χ4v) is 3.90. The van der Waals surface area contributed by atoms with E-state index in [1.165, 1.54) is 0 Å². The number of pyridine rings is 2. The molecule has 1 aromatic carbocycles. The third-order valence-corrected chi connectivity index (χ3v) is 5.47. The van der Waals surface area contributed by atoms with Crippen molar-refractivity contribution >= 4 is 11.6 Å². The number of nitrogens with zero attached hydrogens (tertiary/aromatic N) is 5. The van der Waals surface area contributed by atoms with Crippen molar-refractivity contribution < 1.29 is 4.79 Å². The molecule has 4 aromatic rings. The Labute approximate surface area is 168 Å². The first kappa shape index (κ1) is 17.6. The molecule has 1 amide bonds. The Morgan fingerprint density at radius 2 is 1.93 bits per heavy atom. The second-order valence-electron chi connectivity index (χ2n) is 7.53. The summed E-state index contributed by atoms with van der Waals surface area (Å²) in [6.45, 7) is 3.39. The van der Waals surface area contributed by atoms with Gasteiger partial charge in [0.15, 0.2) is 11.5 Å². The van der Waals surface area contributed by atoms with Crippen molar-refractivity contribution in [3.63, 3.8) is 0 Å². The highest BCUT2D eigenvalue weighted by molar-refractivity contribution is 5.94. The largest absolute Gasteiger partial charge is 0.338 e. The van der Waals surface area contributed by atoms with E-state index in [1.807, 2.05) is 71.1 Å². The number of likely N-dealkylation sites (tertiary alicyclic amines) is 1. The lowest BCUT2D eigenvalue weighted by Crippen LogP contribution is -2.28. The summed E-state index contributed by atoms with van der Waals surface area (Å²) in [5.74, 6) is 1.05. The van der Waals surface area contributed by atoms with E-state index < -0.39 is 0 Å². The Morgan fingerprint density at radius 3 is 2.76 bits per heavy atom. The summed E-state index contributed by atoms with van der Waals surface area (Å²) in [7, 11) is 0. The summed E-state index contributed by atoms with van der Waals surface area (Å²) >= 11 is 0. The summed E-state index contributed by atoms with van der Waals surface area (Å²) in [4.78, 5) is 23.5. The number of carbonyl (C=O) groups is 1. The van der Waals surface area contributed by atoms with Gasteiger partial charge in [0, 0.05) is 48.7 Å². The average Bonchev–Trinajstić information content (AvgIpc) is 3.40. The molecule has 0 aliphatic carbocycles. The molecule has 0 saturated carbocycles. The maximum absolute atomic E-state index is 12.8. The molecule has 6 nitrogen and oxygen atoms in total. The predicted octanol–water partition coefficient (Wildman–Crippen LogP) is 3.73. The monoisotopic (exact) mass is 383 g/mol. The minimum Gasteiger partial charge on any atom is -0.338 e. The van der Waals surface area contributed by atoms with E-state index in [4.69, 9.17) is 10.1 Å². The number of carbonyl (C=O) groups excluding carboxylic acids is 1. The molecule has 1 atom stereocenters. The van der Waals surface area contributed by atoms with Crippen LogP contribution in [0.1, 0.15) is 34.1 Å². The highest BCUT2D eigenvalue weighted by Gasteiger charge is 2.30. The number of rotatable bonds is 3. The molecular weight excluding hydrogens is 362 g/mol. The second-order valence-corrected chi connectivity index (χ2v) is 7.53. The Balaban J connectivity index is 1.37. The average molecular weight is 383 g/mol. The van der Waals surface area contributed by atoms with Gasteiger partial charge in [-0.05, 0) is 55.3 Å². The lowest BCUT2D eigenvalue weighted by Gasteiger charge is -2.16. The van der Waals surface area contributed by atoms with Gasteiger partial charge in [-0.15, -0.1) is 0 Å². The first-order chi connectivity index (χ1) is 14.2. The Bertz CT molecular complexity index is 1180. The van der Waals surface area contributed by atoms with Crippen LogP contribution >= 0.6 is 0 Å². The van der Waals surface area contributed by atoms with Crippen LogP contribution in [0.4, 0.5) is 0 Å². The zero-order valence-electron chi connectivity index (χ0n) is 16.2. The zero-order valence-corrected chi connectivity index (χ0v) is 16.2. The second kappa shape index (κ2) is 7.13. The molecule has 1 saturated heterocycles. The lowest BCUT2D eigenvalue weighted by molar-refractivity contribution is 0.0790. The topological polar surface area (TPSA) is 63.4 Å². The summed E-state index contributed by atoms with van der Waals surface area (Å²) in [6, 6.07) is 15.7. The van der Waals surface area contributed by atoms with Crippen LogP contribution in [0.25, 0.3) is 16.8 Å². The minimum atomic E-state index is 0.0833. The highest BCUT2D eigenvalue weighted by atomic mass is 16.2. The van der Waals surface area contributed by atoms with Gasteiger partial charge >= 0.3 is 0 Å². The van der Waals surface area contributed by atoms with Crippen LogP contribution in [0.5, 0.6) is 0 Å². The van der Waals surface area contributed by atoms with E-state index >= 15 is 0 Å². The molecule has 0 spiro atoms. The van der Waals surface area contributed by atoms with E-state index in [9.17, 15) is 4.79 Å². The summed E-state index contributed by atoms with van der Waals surface area (Å²) < 4.78 is 1.83. The SMILES string of the molecule is Cc1cccc(C(=O)N2CC[C@H](c3nc4ccc(-c5ccncc5)cn4n3)C2)c1. The summed E-state index contributed by atoms with van der Waals surface area (Å²) in [5, 5.41) is 4.71. The van der Waals surface area contributed by atoms with Gasteiger partial charge in [-0.3, -0.25) is 9.78 Å². The van der Waals surface area contributed by atoms with Crippen LogP contribution in [0.3, 0.4) is 0 Å². The van der Waals surface area contributed by atoms with Crippen molar-refractivity contribution in [3.05, 3.63) is 84.1 Å². The van der Waals surface area contributed by atoms with Gasteiger partial charge in [0.25, 0.3) is 5.91 Å². The minimum absolute atomic E-state index is 0.0833. The molecule has 5 rings (SSSR count). The van der Waals surface area contributed by atoms with Gasteiger partial charge in [0.05, 0.1) is 0 Å². The first-order valence-corrected chi connectivity index (χ1v) is 9.80. The molecule has 144 valence electrons. The highest BCUT2D eigenvalue weighted by Crippen LogP contribution is 2.27. The first-order valence-electron chi connectivity index (χ1n) is 9.80. The molecule has 0 unspecified atom stereocenters. The molecular formula is C23H21N5O. The molecule has 4 heterocycles. The number of benzene rings is 1. The van der Waals surface area contributed by atoms with Crippen LogP contribution in [-0.2, 0) is 0 Å². The number of amides is 1. The van der Waals surface area contributed by atoms with E-state index in [1.54, 1.807) is 12.4 Å². The summed E-state index contributed by atoms with van der Waals surface area (Å²) in [6.07, 6.45) is 6.44. The van der Waals surface area contributed by atoms with Crippen molar-refractivity contribution in [3.8, 4) is 11.1 Å². The molecule has 1 fully saturated rings. The zero-order chi connectivity index (χ0) is 19.8. The number of aryl methyl sites for hydroxylation is 1. The third kappa shape index (κ3) is 3.38. The molecule has 0 radical (unpaired) electrons. The molecule has 3 aromatic heterocycles. The third-order valence-electron chi connectivity index (χ3n) is 5.47. The Hall–Kier alpha value is -3.54. The predicted molar refractivity (Wildman–Crippen MR) is 111 cm³/mol. The molecule has 0 N–H and O–H groups in total. The van der Waals surface area contributed by atoms with E-state index in [-0.39, 0.29) is 11.8 Å². The van der Waals surface area contributed by atoms with Gasteiger partial charge in [0.2, 0.25) is 0 Å². The van der Waals surface area contributed by atoms with Gasteiger partial charge < -0.3 is 4.90 Å². The van der Waals surface area contributed by atoms with Gasteiger partial charge in [0.1, 0.15) is 0 Å². The fraction of sp³-hybridized carbons (Fsp3) is 0.217. The van der Waals surface area contributed by atoms with Crippen LogP contribution in [0.15, 0.2) is 67.1 Å². The molecule has 6 heteroatoms. The van der Waals surface area contributed by atoms with Gasteiger partial charge in [-0.1, -0.05) is 17.7 Å². The van der Waals surface area contributed by atoms with E-state index in [0.717, 1.165) is 46.7 Å². The maximum atomic E-state index is 12.8. The maximum Gasteiger partial charge on any atom is 0.253 e. The van der Waals surface area contributed by atoms with Crippen molar-refractivity contribution in [1.82, 2.24) is 24.5 Å². The lowest BCUT2D eigenvalue weighted by atomic mass is 10.1. The van der Waals surface area contributed by atoms with Crippen LogP contribution in [-0.4, -0.2) is 43.5 Å². The number of hydrogen-bond donors (Lipinski definition) is 0. The number of hydrogen-bond acceptors (Lipinski definition) is 4. The Morgan fingerprint density at radius 1 is 1.07 bits per heavy atom. The quantitative estimate of drug-likeness (QED) is 0.541. The van der Waals surface area contributed by atoms with E-state index in [0.29, 0.717) is 6.54 Å². The fourth-order valence-electron chi connectivity index (χ4n) is 3.90. The normalized spacial score (nSPS) is 16.4. The van der Waals surface area contributed by atoms with Crippen molar-refractivity contribution in [1.29, 1.82) is 0 Å². The van der Waals surface area contributed by atoms with Gasteiger partial charge in [-0.2, -0.15) is 5.10 Å². The van der Waals surface area contributed by atoms with E-state index in [2.05, 4.69) is 4.98 Å². The smallest absolute Gasteiger partial charge is 0.253 e. The van der Waals surface area contributed by atoms with Crippen LogP contribution in [0.2, 0.25) is 0 Å². The molecule has 1 aliphatic rings. The molecule has 1 aliphatic heterocycles. The number of aromatic nitrogens is 4. The molecule has 29 heavy (non-hydrogen) atoms. The number of fused-ring (bicyclic) bond motifs is 1.